The van der Waals surface area contributed by atoms with Crippen molar-refractivity contribution in [3.63, 3.8) is 0 Å². The summed E-state index contributed by atoms with van der Waals surface area (Å²) in [6, 6.07) is 5.29. The van der Waals surface area contributed by atoms with Crippen LogP contribution in [0.3, 0.4) is 0 Å². The standard InChI is InChI=1S/C11H3F3N4O2/c12-11(13,14)9-10(4-15,5-16)7-2-1-6(18(19)20)3-8(7)17-9/h1-3H. The summed E-state index contributed by atoms with van der Waals surface area (Å²) in [4.78, 5) is 13.0. The van der Waals surface area contributed by atoms with Gasteiger partial charge in [-0.3, -0.25) is 10.1 Å². The molecule has 9 heteroatoms. The first-order chi connectivity index (χ1) is 9.26. The summed E-state index contributed by atoms with van der Waals surface area (Å²) < 4.78 is 38.7. The number of rotatable bonds is 1. The molecule has 1 aliphatic heterocycles. The SMILES string of the molecule is N#CC1(C#N)C(C(F)(F)F)=Nc2cc([N+](=O)[O-])ccc21. The Labute approximate surface area is 109 Å². The van der Waals surface area contributed by atoms with Crippen LogP contribution in [0.1, 0.15) is 5.56 Å². The molecule has 1 heterocycles. The van der Waals surface area contributed by atoms with E-state index in [-0.39, 0.29) is 5.56 Å². The lowest BCUT2D eigenvalue weighted by Gasteiger charge is -2.17. The largest absolute Gasteiger partial charge is 0.432 e. The number of benzene rings is 1. The predicted molar refractivity (Wildman–Crippen MR) is 59.2 cm³/mol. The summed E-state index contributed by atoms with van der Waals surface area (Å²) in [5, 5.41) is 28.6. The maximum Gasteiger partial charge on any atom is 0.432 e. The average molecular weight is 280 g/mol. The zero-order chi connectivity index (χ0) is 15.1. The van der Waals surface area contributed by atoms with Crippen molar-refractivity contribution in [1.82, 2.24) is 0 Å². The number of alkyl halides is 3. The van der Waals surface area contributed by atoms with Crippen molar-refractivity contribution < 1.29 is 18.1 Å². The van der Waals surface area contributed by atoms with Gasteiger partial charge < -0.3 is 0 Å². The summed E-state index contributed by atoms with van der Waals surface area (Å²) in [6.07, 6.45) is -4.99. The molecule has 0 spiro atoms. The summed E-state index contributed by atoms with van der Waals surface area (Å²) in [5.74, 6) is 0. The van der Waals surface area contributed by atoms with Crippen LogP contribution in [0.15, 0.2) is 23.2 Å². The summed E-state index contributed by atoms with van der Waals surface area (Å²) in [6.45, 7) is 0. The van der Waals surface area contributed by atoms with Crippen molar-refractivity contribution in [2.24, 2.45) is 4.99 Å². The van der Waals surface area contributed by atoms with Crippen molar-refractivity contribution in [1.29, 1.82) is 10.5 Å². The highest BCUT2D eigenvalue weighted by molar-refractivity contribution is 6.10. The molecule has 0 aliphatic carbocycles. The number of hydrogen-bond acceptors (Lipinski definition) is 5. The third kappa shape index (κ3) is 1.68. The number of hydrogen-bond donors (Lipinski definition) is 0. The Morgan fingerprint density at radius 1 is 1.30 bits per heavy atom. The van der Waals surface area contributed by atoms with Gasteiger partial charge in [-0.05, 0) is 6.07 Å². The number of nitro benzene ring substituents is 1. The van der Waals surface area contributed by atoms with E-state index in [9.17, 15) is 23.3 Å². The lowest BCUT2D eigenvalue weighted by molar-refractivity contribution is -0.384. The van der Waals surface area contributed by atoms with Gasteiger partial charge in [0.2, 0.25) is 5.41 Å². The predicted octanol–water partition coefficient (Wildman–Crippen LogP) is 2.53. The quantitative estimate of drug-likeness (QED) is 0.582. The second-order valence-corrected chi connectivity index (χ2v) is 3.89. The van der Waals surface area contributed by atoms with Gasteiger partial charge in [0.25, 0.3) is 5.69 Å². The maximum atomic E-state index is 12.9. The summed E-state index contributed by atoms with van der Waals surface area (Å²) in [7, 11) is 0. The van der Waals surface area contributed by atoms with E-state index in [2.05, 4.69) is 4.99 Å². The van der Waals surface area contributed by atoms with E-state index in [1.165, 1.54) is 12.1 Å². The number of nitriles is 2. The monoisotopic (exact) mass is 280 g/mol. The van der Waals surface area contributed by atoms with Crippen LogP contribution in [0.5, 0.6) is 0 Å². The minimum Gasteiger partial charge on any atom is -0.258 e. The van der Waals surface area contributed by atoms with Gasteiger partial charge in [-0.25, -0.2) is 4.99 Å². The normalized spacial score (nSPS) is 15.8. The van der Waals surface area contributed by atoms with Crippen LogP contribution < -0.4 is 0 Å². The van der Waals surface area contributed by atoms with Crippen molar-refractivity contribution in [3.8, 4) is 12.1 Å². The van der Waals surface area contributed by atoms with Gasteiger partial charge >= 0.3 is 6.18 Å². The van der Waals surface area contributed by atoms with Gasteiger partial charge in [0, 0.05) is 17.7 Å². The van der Waals surface area contributed by atoms with E-state index in [0.29, 0.717) is 0 Å². The van der Waals surface area contributed by atoms with Gasteiger partial charge in [-0.2, -0.15) is 23.7 Å². The molecule has 20 heavy (non-hydrogen) atoms. The van der Waals surface area contributed by atoms with Gasteiger partial charge in [0.1, 0.15) is 0 Å². The fraction of sp³-hybridized carbons (Fsp3) is 0.182. The third-order valence-electron chi connectivity index (χ3n) is 2.79. The number of halogens is 3. The number of non-ortho nitro benzene ring substituents is 1. The number of nitro groups is 1. The Morgan fingerprint density at radius 2 is 1.90 bits per heavy atom. The smallest absolute Gasteiger partial charge is 0.258 e. The zero-order valence-corrected chi connectivity index (χ0v) is 9.47. The Kier molecular flexibility index (Phi) is 2.72. The Hall–Kier alpha value is -2.94. The highest BCUT2D eigenvalue weighted by Gasteiger charge is 2.56. The summed E-state index contributed by atoms with van der Waals surface area (Å²) >= 11 is 0. The first-order valence-electron chi connectivity index (χ1n) is 5.04. The van der Waals surface area contributed by atoms with Crippen LogP contribution in [0.4, 0.5) is 24.5 Å². The Morgan fingerprint density at radius 3 is 2.35 bits per heavy atom. The molecule has 0 N–H and O–H groups in total. The van der Waals surface area contributed by atoms with Crippen molar-refractivity contribution in [2.45, 2.75) is 11.6 Å². The number of aliphatic imine (C=N–C) groups is 1. The molecule has 1 aliphatic rings. The Bertz CT molecular complexity index is 711. The van der Waals surface area contributed by atoms with Crippen molar-refractivity contribution >= 4 is 17.1 Å². The Balaban J connectivity index is 2.76. The van der Waals surface area contributed by atoms with Gasteiger partial charge in [-0.15, -0.1) is 0 Å². The highest BCUT2D eigenvalue weighted by Crippen LogP contribution is 2.45. The van der Waals surface area contributed by atoms with Crippen LogP contribution in [-0.4, -0.2) is 16.8 Å². The highest BCUT2D eigenvalue weighted by atomic mass is 19.4. The second kappa shape index (κ2) is 4.03. The molecule has 0 saturated heterocycles. The van der Waals surface area contributed by atoms with E-state index < -0.39 is 33.6 Å². The number of fused-ring (bicyclic) bond motifs is 1. The van der Waals surface area contributed by atoms with Crippen molar-refractivity contribution in [2.75, 3.05) is 0 Å². The zero-order valence-electron chi connectivity index (χ0n) is 9.47. The van der Waals surface area contributed by atoms with Gasteiger partial charge in [0.05, 0.1) is 22.7 Å². The molecule has 0 atom stereocenters. The molecule has 0 radical (unpaired) electrons. The first-order valence-corrected chi connectivity index (χ1v) is 5.04. The minimum absolute atomic E-state index is 0.305. The lowest BCUT2D eigenvalue weighted by atomic mass is 9.80. The maximum absolute atomic E-state index is 12.9. The van der Waals surface area contributed by atoms with Crippen LogP contribution in [0, 0.1) is 32.8 Å². The van der Waals surface area contributed by atoms with E-state index in [4.69, 9.17) is 10.5 Å². The van der Waals surface area contributed by atoms with Crippen LogP contribution in [-0.2, 0) is 5.41 Å². The number of nitrogens with zero attached hydrogens (tertiary/aromatic N) is 4. The molecule has 0 amide bonds. The average Bonchev–Trinajstić information content (AvgIpc) is 2.72. The minimum atomic E-state index is -4.99. The lowest BCUT2D eigenvalue weighted by Crippen LogP contribution is -2.40. The molecule has 0 bridgehead atoms. The van der Waals surface area contributed by atoms with Crippen LogP contribution >= 0.6 is 0 Å². The molecular formula is C11H3F3N4O2. The molecule has 0 aromatic heterocycles. The fourth-order valence-corrected chi connectivity index (χ4v) is 1.90. The van der Waals surface area contributed by atoms with Crippen LogP contribution in [0.2, 0.25) is 0 Å². The van der Waals surface area contributed by atoms with E-state index >= 15 is 0 Å². The molecule has 100 valence electrons. The van der Waals surface area contributed by atoms with E-state index in [1.807, 2.05) is 0 Å². The van der Waals surface area contributed by atoms with Gasteiger partial charge in [-0.1, -0.05) is 0 Å². The molecule has 6 nitrogen and oxygen atoms in total. The molecule has 1 aromatic carbocycles. The van der Waals surface area contributed by atoms with E-state index in [0.717, 1.165) is 18.2 Å². The molecule has 0 fully saturated rings. The first kappa shape index (κ1) is 13.5. The molecule has 2 rings (SSSR count). The van der Waals surface area contributed by atoms with Crippen molar-refractivity contribution in [3.05, 3.63) is 33.9 Å². The third-order valence-corrected chi connectivity index (χ3v) is 2.79. The second-order valence-electron chi connectivity index (χ2n) is 3.89. The van der Waals surface area contributed by atoms with E-state index in [1.54, 1.807) is 0 Å². The molecular weight excluding hydrogens is 277 g/mol. The van der Waals surface area contributed by atoms with Gasteiger partial charge in [0.15, 0.2) is 5.71 Å². The topological polar surface area (TPSA) is 103 Å². The summed E-state index contributed by atoms with van der Waals surface area (Å²) in [5.41, 5.74) is -5.34. The fourth-order valence-electron chi connectivity index (χ4n) is 1.90. The molecule has 0 saturated carbocycles. The van der Waals surface area contributed by atoms with Crippen LogP contribution in [0.25, 0.3) is 0 Å². The molecule has 1 aromatic rings. The molecule has 0 unspecified atom stereocenters.